The Morgan fingerprint density at radius 3 is 2.85 bits per heavy atom. The largest absolute Gasteiger partial charge is 0.484 e. The van der Waals surface area contributed by atoms with E-state index in [0.29, 0.717) is 12.3 Å². The average molecular weight is 569 g/mol. The summed E-state index contributed by atoms with van der Waals surface area (Å²) in [4.78, 5) is 17.9. The standard InChI is InChI=1S/C24H32FN5O2.HI/c1-3-27-24(28-14-18-6-4-8-21(13-18)32-16-23(26)31)29-20-7-5-11-30(15-20)22-10-9-19(25)12-17(22)2;/h4,6,8-10,12-13,20H,3,5,7,11,14-16H2,1-2H3,(H2,26,31)(H2,27,28,29);1H. The third kappa shape index (κ3) is 8.38. The second-order valence-electron chi connectivity index (χ2n) is 7.96. The Labute approximate surface area is 212 Å². The first kappa shape index (κ1) is 26.7. The Bertz CT molecular complexity index is 956. The lowest BCUT2D eigenvalue weighted by Gasteiger charge is -2.36. The van der Waals surface area contributed by atoms with Crippen LogP contribution < -0.4 is 26.0 Å². The number of carbonyl (C=O) groups is 1. The van der Waals surface area contributed by atoms with E-state index in [1.54, 1.807) is 12.1 Å². The van der Waals surface area contributed by atoms with Gasteiger partial charge in [-0.05, 0) is 68.1 Å². The summed E-state index contributed by atoms with van der Waals surface area (Å²) in [7, 11) is 0. The number of nitrogens with zero attached hydrogens (tertiary/aromatic N) is 2. The van der Waals surface area contributed by atoms with Gasteiger partial charge in [0.05, 0.1) is 6.54 Å². The third-order valence-electron chi connectivity index (χ3n) is 5.31. The van der Waals surface area contributed by atoms with E-state index in [1.807, 2.05) is 38.1 Å². The molecule has 0 aromatic heterocycles. The van der Waals surface area contributed by atoms with Crippen LogP contribution in [0.3, 0.4) is 0 Å². The second kappa shape index (κ2) is 13.2. The van der Waals surface area contributed by atoms with Gasteiger partial charge in [0.15, 0.2) is 12.6 Å². The number of piperidine rings is 1. The molecule has 1 fully saturated rings. The summed E-state index contributed by atoms with van der Waals surface area (Å²) in [5.74, 6) is 0.624. The van der Waals surface area contributed by atoms with Crippen LogP contribution in [0.2, 0.25) is 0 Å². The van der Waals surface area contributed by atoms with Crippen molar-refractivity contribution in [2.75, 3.05) is 31.1 Å². The van der Waals surface area contributed by atoms with Gasteiger partial charge in [-0.3, -0.25) is 4.79 Å². The fourth-order valence-corrected chi connectivity index (χ4v) is 3.86. The molecule has 1 amide bonds. The van der Waals surface area contributed by atoms with Crippen LogP contribution in [-0.4, -0.2) is 44.1 Å². The van der Waals surface area contributed by atoms with Crippen molar-refractivity contribution in [1.29, 1.82) is 0 Å². The maximum atomic E-state index is 13.5. The van der Waals surface area contributed by atoms with Gasteiger partial charge in [0, 0.05) is 31.4 Å². The molecule has 180 valence electrons. The molecule has 33 heavy (non-hydrogen) atoms. The van der Waals surface area contributed by atoms with Crippen molar-refractivity contribution in [3.63, 3.8) is 0 Å². The van der Waals surface area contributed by atoms with Gasteiger partial charge in [-0.15, -0.1) is 24.0 Å². The number of primary amides is 1. The quantitative estimate of drug-likeness (QED) is 0.258. The minimum atomic E-state index is -0.510. The minimum absolute atomic E-state index is 0. The second-order valence-corrected chi connectivity index (χ2v) is 7.96. The number of nitrogens with two attached hydrogens (primary N) is 1. The van der Waals surface area contributed by atoms with Crippen molar-refractivity contribution in [2.24, 2.45) is 10.7 Å². The van der Waals surface area contributed by atoms with Crippen LogP contribution in [0.4, 0.5) is 10.1 Å². The van der Waals surface area contributed by atoms with Crippen LogP contribution in [0, 0.1) is 12.7 Å². The number of nitrogens with one attached hydrogen (secondary N) is 2. The van der Waals surface area contributed by atoms with E-state index in [-0.39, 0.29) is 42.4 Å². The number of anilines is 1. The number of benzene rings is 2. The molecule has 1 unspecified atom stereocenters. The fraction of sp³-hybridized carbons (Fsp3) is 0.417. The zero-order valence-electron chi connectivity index (χ0n) is 19.1. The Balaban J connectivity index is 0.00000385. The summed E-state index contributed by atoms with van der Waals surface area (Å²) in [6.07, 6.45) is 2.09. The molecule has 1 heterocycles. The van der Waals surface area contributed by atoms with E-state index in [9.17, 15) is 9.18 Å². The van der Waals surface area contributed by atoms with E-state index in [4.69, 9.17) is 15.5 Å². The van der Waals surface area contributed by atoms with Crippen molar-refractivity contribution >= 4 is 41.5 Å². The van der Waals surface area contributed by atoms with Crippen molar-refractivity contribution in [3.05, 3.63) is 59.4 Å². The molecule has 2 aromatic rings. The molecule has 1 aliphatic rings. The van der Waals surface area contributed by atoms with Crippen LogP contribution in [-0.2, 0) is 11.3 Å². The fourth-order valence-electron chi connectivity index (χ4n) is 3.86. The highest BCUT2D eigenvalue weighted by Gasteiger charge is 2.22. The number of hydrogen-bond acceptors (Lipinski definition) is 4. The van der Waals surface area contributed by atoms with Gasteiger partial charge in [0.2, 0.25) is 0 Å². The molecular formula is C24H33FIN5O2. The van der Waals surface area contributed by atoms with E-state index >= 15 is 0 Å². The average Bonchev–Trinajstić information content (AvgIpc) is 2.77. The summed E-state index contributed by atoms with van der Waals surface area (Å²) in [6, 6.07) is 12.7. The maximum absolute atomic E-state index is 13.5. The molecule has 4 N–H and O–H groups in total. The lowest BCUT2D eigenvalue weighted by molar-refractivity contribution is -0.119. The highest BCUT2D eigenvalue weighted by atomic mass is 127. The van der Waals surface area contributed by atoms with E-state index in [1.165, 1.54) is 6.07 Å². The lowest BCUT2D eigenvalue weighted by Crippen LogP contribution is -2.51. The normalized spacial score (nSPS) is 16.0. The first-order valence-electron chi connectivity index (χ1n) is 11.0. The van der Waals surface area contributed by atoms with Gasteiger partial charge in [-0.25, -0.2) is 9.38 Å². The molecule has 7 nitrogen and oxygen atoms in total. The molecule has 1 aliphatic heterocycles. The summed E-state index contributed by atoms with van der Waals surface area (Å²) in [6.45, 7) is 6.83. The van der Waals surface area contributed by atoms with Crippen LogP contribution in [0.25, 0.3) is 0 Å². The predicted molar refractivity (Wildman–Crippen MR) is 141 cm³/mol. The van der Waals surface area contributed by atoms with Gasteiger partial charge in [0.25, 0.3) is 5.91 Å². The Kier molecular flexibility index (Phi) is 10.7. The monoisotopic (exact) mass is 569 g/mol. The molecule has 9 heteroatoms. The molecular weight excluding hydrogens is 536 g/mol. The smallest absolute Gasteiger partial charge is 0.255 e. The van der Waals surface area contributed by atoms with E-state index in [2.05, 4.69) is 15.5 Å². The van der Waals surface area contributed by atoms with Crippen molar-refractivity contribution < 1.29 is 13.9 Å². The van der Waals surface area contributed by atoms with Gasteiger partial charge in [0.1, 0.15) is 11.6 Å². The Morgan fingerprint density at radius 2 is 2.12 bits per heavy atom. The van der Waals surface area contributed by atoms with Crippen LogP contribution >= 0.6 is 24.0 Å². The molecule has 2 aromatic carbocycles. The van der Waals surface area contributed by atoms with Gasteiger partial charge >= 0.3 is 0 Å². The van der Waals surface area contributed by atoms with Crippen molar-refractivity contribution in [2.45, 2.75) is 39.3 Å². The van der Waals surface area contributed by atoms with Crippen molar-refractivity contribution in [3.8, 4) is 5.75 Å². The number of guanidine groups is 1. The number of hydrogen-bond donors (Lipinski definition) is 3. The topological polar surface area (TPSA) is 92.0 Å². The number of ether oxygens (including phenoxy) is 1. The zero-order valence-corrected chi connectivity index (χ0v) is 21.5. The lowest BCUT2D eigenvalue weighted by atomic mass is 10.0. The molecule has 0 saturated carbocycles. The molecule has 1 atom stereocenters. The highest BCUT2D eigenvalue weighted by Crippen LogP contribution is 2.24. The SMILES string of the molecule is CCNC(=NCc1cccc(OCC(N)=O)c1)NC1CCCN(c2ccc(F)cc2C)C1.I. The molecule has 0 aliphatic carbocycles. The number of aliphatic imine (C=N–C) groups is 1. The first-order valence-corrected chi connectivity index (χ1v) is 11.0. The van der Waals surface area contributed by atoms with Gasteiger partial charge in [-0.2, -0.15) is 0 Å². The number of aryl methyl sites for hydroxylation is 1. The summed E-state index contributed by atoms with van der Waals surface area (Å²) in [5, 5.41) is 6.85. The molecule has 0 bridgehead atoms. The van der Waals surface area contributed by atoms with E-state index in [0.717, 1.165) is 55.2 Å². The van der Waals surface area contributed by atoms with Crippen LogP contribution in [0.1, 0.15) is 30.9 Å². The Morgan fingerprint density at radius 1 is 1.30 bits per heavy atom. The molecule has 3 rings (SSSR count). The van der Waals surface area contributed by atoms with E-state index < -0.39 is 5.91 Å². The van der Waals surface area contributed by atoms with Crippen LogP contribution in [0.5, 0.6) is 5.75 Å². The Hall–Kier alpha value is -2.56. The predicted octanol–water partition coefficient (Wildman–Crippen LogP) is 3.34. The molecule has 1 saturated heterocycles. The summed E-state index contributed by atoms with van der Waals surface area (Å²) < 4.78 is 18.9. The van der Waals surface area contributed by atoms with Gasteiger partial charge in [-0.1, -0.05) is 12.1 Å². The van der Waals surface area contributed by atoms with Crippen molar-refractivity contribution in [1.82, 2.24) is 10.6 Å². The van der Waals surface area contributed by atoms with Gasteiger partial charge < -0.3 is 26.0 Å². The zero-order chi connectivity index (χ0) is 22.9. The molecule has 0 spiro atoms. The molecule has 0 radical (unpaired) electrons. The number of amides is 1. The highest BCUT2D eigenvalue weighted by molar-refractivity contribution is 14.0. The number of halogens is 2. The summed E-state index contributed by atoms with van der Waals surface area (Å²) in [5.41, 5.74) is 8.13. The summed E-state index contributed by atoms with van der Waals surface area (Å²) >= 11 is 0. The third-order valence-corrected chi connectivity index (χ3v) is 5.31. The first-order chi connectivity index (χ1) is 15.4. The number of rotatable bonds is 8. The minimum Gasteiger partial charge on any atom is -0.484 e. The maximum Gasteiger partial charge on any atom is 0.255 e. The van der Waals surface area contributed by atoms with Crippen LogP contribution in [0.15, 0.2) is 47.5 Å². The number of carbonyl (C=O) groups excluding carboxylic acids is 1.